The van der Waals surface area contributed by atoms with Gasteiger partial charge in [-0.1, -0.05) is 0 Å². The van der Waals surface area contributed by atoms with Gasteiger partial charge in [0.15, 0.2) is 5.03 Å². The van der Waals surface area contributed by atoms with E-state index in [1.165, 1.54) is 21.3 Å². The fourth-order valence-electron chi connectivity index (χ4n) is 2.04. The third-order valence-electron chi connectivity index (χ3n) is 2.88. The maximum Gasteiger partial charge on any atom is 0.260 e. The Kier molecular flexibility index (Phi) is 3.00. The Bertz CT molecular complexity index is 468. The van der Waals surface area contributed by atoms with Gasteiger partial charge in [0.1, 0.15) is 0 Å². The molecule has 7 heteroatoms. The maximum atomic E-state index is 12.2. The van der Waals surface area contributed by atoms with Crippen LogP contribution in [0.5, 0.6) is 0 Å². The van der Waals surface area contributed by atoms with E-state index in [2.05, 4.69) is 5.10 Å². The smallest absolute Gasteiger partial charge is 0.260 e. The average Bonchev–Trinajstić information content (AvgIpc) is 2.85. The van der Waals surface area contributed by atoms with E-state index in [-0.39, 0.29) is 17.7 Å². The van der Waals surface area contributed by atoms with Gasteiger partial charge in [0, 0.05) is 19.6 Å². The Balaban J connectivity index is 2.36. The molecule has 0 saturated carbocycles. The molecule has 1 fully saturated rings. The van der Waals surface area contributed by atoms with Gasteiger partial charge in [-0.15, -0.1) is 0 Å². The summed E-state index contributed by atoms with van der Waals surface area (Å²) >= 11 is 0. The van der Waals surface area contributed by atoms with Gasteiger partial charge in [0.2, 0.25) is 0 Å². The molecule has 1 atom stereocenters. The summed E-state index contributed by atoms with van der Waals surface area (Å²) in [4.78, 5) is 0. The van der Waals surface area contributed by atoms with Crippen molar-refractivity contribution in [2.24, 2.45) is 7.05 Å². The van der Waals surface area contributed by atoms with E-state index < -0.39 is 10.0 Å². The zero-order chi connectivity index (χ0) is 11.8. The second-order valence-electron chi connectivity index (χ2n) is 3.89. The van der Waals surface area contributed by atoms with Gasteiger partial charge in [-0.05, 0) is 18.9 Å². The van der Waals surface area contributed by atoms with Crippen molar-refractivity contribution in [1.29, 1.82) is 0 Å². The highest BCUT2D eigenvalue weighted by Crippen LogP contribution is 2.25. The van der Waals surface area contributed by atoms with Crippen LogP contribution in [0.15, 0.2) is 17.3 Å². The van der Waals surface area contributed by atoms with Crippen LogP contribution in [-0.2, 0) is 17.1 Å². The number of aliphatic hydroxyl groups is 1. The zero-order valence-electron chi connectivity index (χ0n) is 9.07. The summed E-state index contributed by atoms with van der Waals surface area (Å²) in [5.41, 5.74) is 0. The zero-order valence-corrected chi connectivity index (χ0v) is 9.89. The monoisotopic (exact) mass is 245 g/mol. The molecule has 1 N–H and O–H groups in total. The van der Waals surface area contributed by atoms with E-state index in [9.17, 15) is 8.42 Å². The number of aromatic nitrogens is 2. The minimum Gasteiger partial charge on any atom is -0.395 e. The number of aliphatic hydroxyl groups excluding tert-OH is 1. The molecule has 90 valence electrons. The van der Waals surface area contributed by atoms with Crippen LogP contribution < -0.4 is 0 Å². The van der Waals surface area contributed by atoms with E-state index >= 15 is 0 Å². The predicted molar refractivity (Wildman–Crippen MR) is 57.2 cm³/mol. The quantitative estimate of drug-likeness (QED) is 0.783. The van der Waals surface area contributed by atoms with E-state index in [1.807, 2.05) is 0 Å². The molecular formula is C9H15N3O3S. The maximum absolute atomic E-state index is 12.2. The van der Waals surface area contributed by atoms with Crippen molar-refractivity contribution in [2.45, 2.75) is 23.9 Å². The number of hydrogen-bond donors (Lipinski definition) is 1. The minimum atomic E-state index is -3.51. The van der Waals surface area contributed by atoms with Gasteiger partial charge in [0.25, 0.3) is 10.0 Å². The lowest BCUT2D eigenvalue weighted by Gasteiger charge is -2.22. The molecule has 1 aromatic rings. The molecule has 1 aromatic heterocycles. The van der Waals surface area contributed by atoms with E-state index in [0.29, 0.717) is 13.0 Å². The normalized spacial score (nSPS) is 22.8. The van der Waals surface area contributed by atoms with Crippen LogP contribution in [0.1, 0.15) is 12.8 Å². The standard InChI is InChI=1S/C9H15N3O3S/c1-11-9(4-5-10-11)16(14,15)12-6-2-3-8(12)7-13/h4-5,8,13H,2-3,6-7H2,1H3/t8-/m0/s1. The Labute approximate surface area is 94.5 Å². The molecule has 0 unspecified atom stereocenters. The number of hydrogen-bond acceptors (Lipinski definition) is 4. The van der Waals surface area contributed by atoms with Crippen molar-refractivity contribution >= 4 is 10.0 Å². The fourth-order valence-corrected chi connectivity index (χ4v) is 3.83. The van der Waals surface area contributed by atoms with Crippen molar-refractivity contribution in [3.8, 4) is 0 Å². The third-order valence-corrected chi connectivity index (χ3v) is 4.91. The lowest BCUT2D eigenvalue weighted by Crippen LogP contribution is -2.38. The first kappa shape index (κ1) is 11.6. The minimum absolute atomic E-state index is 0.128. The van der Waals surface area contributed by atoms with Crippen molar-refractivity contribution in [1.82, 2.24) is 14.1 Å². The lowest BCUT2D eigenvalue weighted by molar-refractivity contribution is 0.213. The molecule has 2 rings (SSSR count). The van der Waals surface area contributed by atoms with Crippen LogP contribution in [0.25, 0.3) is 0 Å². The molecule has 0 amide bonds. The van der Waals surface area contributed by atoms with Crippen LogP contribution in [-0.4, -0.2) is 46.8 Å². The van der Waals surface area contributed by atoms with Gasteiger partial charge < -0.3 is 5.11 Å². The lowest BCUT2D eigenvalue weighted by atomic mass is 10.2. The van der Waals surface area contributed by atoms with Crippen molar-refractivity contribution in [2.75, 3.05) is 13.2 Å². The number of rotatable bonds is 3. The molecule has 1 saturated heterocycles. The van der Waals surface area contributed by atoms with E-state index in [4.69, 9.17) is 5.11 Å². The SMILES string of the molecule is Cn1nccc1S(=O)(=O)N1CCC[C@H]1CO. The summed E-state index contributed by atoms with van der Waals surface area (Å²) < 4.78 is 27.2. The van der Waals surface area contributed by atoms with Crippen molar-refractivity contribution in [3.05, 3.63) is 12.3 Å². The first-order valence-electron chi connectivity index (χ1n) is 5.18. The second-order valence-corrected chi connectivity index (χ2v) is 5.72. The van der Waals surface area contributed by atoms with Crippen molar-refractivity contribution < 1.29 is 13.5 Å². The highest BCUT2D eigenvalue weighted by Gasteiger charge is 2.36. The number of aryl methyl sites for hydroxylation is 1. The molecule has 6 nitrogen and oxygen atoms in total. The topological polar surface area (TPSA) is 75.4 Å². The average molecular weight is 245 g/mol. The first-order valence-corrected chi connectivity index (χ1v) is 6.62. The summed E-state index contributed by atoms with van der Waals surface area (Å²) in [6, 6.07) is 1.18. The van der Waals surface area contributed by atoms with Crippen LogP contribution in [0.4, 0.5) is 0 Å². The molecule has 0 aromatic carbocycles. The van der Waals surface area contributed by atoms with Gasteiger partial charge >= 0.3 is 0 Å². The van der Waals surface area contributed by atoms with E-state index in [0.717, 1.165) is 6.42 Å². The summed E-state index contributed by atoms with van der Waals surface area (Å²) in [7, 11) is -1.92. The Hall–Kier alpha value is -0.920. The van der Waals surface area contributed by atoms with Crippen LogP contribution in [0.2, 0.25) is 0 Å². The molecule has 1 aliphatic rings. The molecular weight excluding hydrogens is 230 g/mol. The molecule has 0 aliphatic carbocycles. The highest BCUT2D eigenvalue weighted by molar-refractivity contribution is 7.89. The highest BCUT2D eigenvalue weighted by atomic mass is 32.2. The van der Waals surface area contributed by atoms with Gasteiger partial charge in [-0.2, -0.15) is 9.40 Å². The molecule has 2 heterocycles. The van der Waals surface area contributed by atoms with Crippen LogP contribution in [0.3, 0.4) is 0 Å². The third kappa shape index (κ3) is 1.74. The van der Waals surface area contributed by atoms with Crippen LogP contribution in [0, 0.1) is 0 Å². The summed E-state index contributed by atoms with van der Waals surface area (Å²) in [5, 5.41) is 13.2. The fraction of sp³-hybridized carbons (Fsp3) is 0.667. The Morgan fingerprint density at radius 2 is 2.38 bits per heavy atom. The molecule has 0 radical (unpaired) electrons. The van der Waals surface area contributed by atoms with Crippen LogP contribution >= 0.6 is 0 Å². The Morgan fingerprint density at radius 3 is 2.94 bits per heavy atom. The van der Waals surface area contributed by atoms with Gasteiger partial charge in [-0.25, -0.2) is 8.42 Å². The largest absolute Gasteiger partial charge is 0.395 e. The summed E-state index contributed by atoms with van der Waals surface area (Å²) in [5.74, 6) is 0. The van der Waals surface area contributed by atoms with Gasteiger partial charge in [-0.3, -0.25) is 4.68 Å². The summed E-state index contributed by atoms with van der Waals surface area (Å²) in [6.07, 6.45) is 2.97. The molecule has 16 heavy (non-hydrogen) atoms. The second kappa shape index (κ2) is 4.15. The Morgan fingerprint density at radius 1 is 1.62 bits per heavy atom. The first-order chi connectivity index (χ1) is 7.57. The predicted octanol–water partition coefficient (Wildman–Crippen LogP) is -0.435. The molecule has 0 bridgehead atoms. The summed E-state index contributed by atoms with van der Waals surface area (Å²) in [6.45, 7) is 0.343. The van der Waals surface area contributed by atoms with Crippen molar-refractivity contribution in [3.63, 3.8) is 0 Å². The number of sulfonamides is 1. The molecule has 1 aliphatic heterocycles. The number of nitrogens with zero attached hydrogens (tertiary/aromatic N) is 3. The molecule has 0 spiro atoms. The van der Waals surface area contributed by atoms with E-state index in [1.54, 1.807) is 7.05 Å². The van der Waals surface area contributed by atoms with Gasteiger partial charge in [0.05, 0.1) is 12.8 Å².